The van der Waals surface area contributed by atoms with Crippen molar-refractivity contribution in [3.63, 3.8) is 0 Å². The number of hydrogen-bond acceptors (Lipinski definition) is 6. The van der Waals surface area contributed by atoms with E-state index in [1.54, 1.807) is 0 Å². The van der Waals surface area contributed by atoms with Gasteiger partial charge in [-0.1, -0.05) is 56.3 Å². The molecule has 41 heavy (non-hydrogen) atoms. The molecule has 2 aromatic carbocycles. The van der Waals surface area contributed by atoms with E-state index in [1.165, 1.54) is 33.9 Å². The summed E-state index contributed by atoms with van der Waals surface area (Å²) in [6.45, 7) is 9.24. The van der Waals surface area contributed by atoms with Crippen LogP contribution in [0.2, 0.25) is 0 Å². The van der Waals surface area contributed by atoms with Gasteiger partial charge < -0.3 is 57.5 Å². The minimum absolute atomic E-state index is 0. The van der Waals surface area contributed by atoms with Gasteiger partial charge in [-0.25, -0.2) is 0 Å². The van der Waals surface area contributed by atoms with Crippen molar-refractivity contribution in [2.24, 2.45) is 0 Å². The molecule has 12 N–H and O–H groups in total. The van der Waals surface area contributed by atoms with E-state index in [9.17, 15) is 0 Å². The SMILES string of the molecule is CN1C(=CC=CC2=[N+](C)c3ccccc3C2(C)C)C(C)(C)c2ccccc21.O.O.O.O.O.O=P([O-])(O)O[O-].[Mo].[OH-].[W+2]. The molecule has 13 nitrogen and oxygen atoms in total. The van der Waals surface area contributed by atoms with E-state index in [1.807, 2.05) is 0 Å². The maximum absolute atomic E-state index is 9.05. The van der Waals surface area contributed by atoms with E-state index >= 15 is 0 Å². The monoisotopic (exact) mass is 858 g/mol. The van der Waals surface area contributed by atoms with Crippen LogP contribution in [0.5, 0.6) is 0 Å². The fraction of sp³-hybridized carbons (Fsp3) is 0.320. The van der Waals surface area contributed by atoms with E-state index in [-0.39, 0.29) is 85.8 Å². The van der Waals surface area contributed by atoms with Crippen molar-refractivity contribution in [3.8, 4) is 0 Å². The molecule has 0 aliphatic carbocycles. The van der Waals surface area contributed by atoms with E-state index < -0.39 is 7.82 Å². The molecule has 0 saturated carbocycles. The number of anilines is 1. The second-order valence-electron chi connectivity index (χ2n) is 9.24. The molecule has 234 valence electrons. The van der Waals surface area contributed by atoms with Crippen LogP contribution in [0.1, 0.15) is 38.8 Å². The van der Waals surface area contributed by atoms with Gasteiger partial charge in [-0.3, -0.25) is 4.57 Å². The van der Waals surface area contributed by atoms with Gasteiger partial charge in [-0.2, -0.15) is 4.58 Å². The van der Waals surface area contributed by atoms with Crippen LogP contribution in [0, 0.1) is 0 Å². The van der Waals surface area contributed by atoms with E-state index in [0.29, 0.717) is 0 Å². The topological polar surface area (TPSA) is 286 Å². The Morgan fingerprint density at radius 3 is 1.80 bits per heavy atom. The maximum atomic E-state index is 9.05. The van der Waals surface area contributed by atoms with Crippen molar-refractivity contribution < 1.29 is 104 Å². The Kier molecular flexibility index (Phi) is 25.1. The van der Waals surface area contributed by atoms with E-state index in [2.05, 4.69) is 123 Å². The standard InChI is InChI=1S/C25H29N2.Mo.H3O5P.6H2O.W/c1-24(2)18-12-7-9-14-20(18)26(5)22(24)16-11-17-23-25(3,4)19-13-8-10-15-21(19)27(23)6;;1-5-6(2,3)4;;;;;;;/h7-17H,1-6H3;;1H,(H2,2,3,4);6*1H2;/q+1;;;;;;;;;+2/p-3. The quantitative estimate of drug-likeness (QED) is 0.132. The number of likely N-dealkylation sites (N-methyl/N-ethyl adjacent to an activating group) is 1. The third kappa shape index (κ3) is 10.7. The van der Waals surface area contributed by atoms with Gasteiger partial charge in [-0.15, -0.1) is 0 Å². The van der Waals surface area contributed by atoms with Gasteiger partial charge in [0.2, 0.25) is 5.69 Å². The number of hydrogen-bond donors (Lipinski definition) is 1. The Bertz CT molecular complexity index is 1220. The van der Waals surface area contributed by atoms with Gasteiger partial charge in [0, 0.05) is 62.6 Å². The fourth-order valence-electron chi connectivity index (χ4n) is 4.83. The van der Waals surface area contributed by atoms with Crippen LogP contribution in [0.15, 0.2) is 72.5 Å². The Labute approximate surface area is 268 Å². The minimum Gasteiger partial charge on any atom is -0.870 e. The summed E-state index contributed by atoms with van der Waals surface area (Å²) in [7, 11) is -0.615. The molecule has 1 unspecified atom stereocenters. The Morgan fingerprint density at radius 1 is 0.927 bits per heavy atom. The second kappa shape index (κ2) is 19.7. The molecular weight excluding hydrogens is 815 g/mol. The predicted molar refractivity (Wildman–Crippen MR) is 146 cm³/mol. The van der Waals surface area contributed by atoms with Crippen molar-refractivity contribution in [2.45, 2.75) is 38.5 Å². The molecule has 0 saturated heterocycles. The fourth-order valence-corrected chi connectivity index (χ4v) is 4.83. The van der Waals surface area contributed by atoms with Crippen molar-refractivity contribution in [1.29, 1.82) is 0 Å². The third-order valence-corrected chi connectivity index (χ3v) is 6.67. The van der Waals surface area contributed by atoms with Crippen LogP contribution in [-0.2, 0) is 62.2 Å². The molecule has 4 rings (SSSR count). The number of phosphoric acid groups is 1. The van der Waals surface area contributed by atoms with Crippen molar-refractivity contribution in [1.82, 2.24) is 0 Å². The van der Waals surface area contributed by atoms with Crippen LogP contribution in [0.3, 0.4) is 0 Å². The summed E-state index contributed by atoms with van der Waals surface area (Å²) in [5.74, 6) is 0. The van der Waals surface area contributed by atoms with Crippen molar-refractivity contribution in [2.75, 3.05) is 19.0 Å². The molecule has 16 heteroatoms. The van der Waals surface area contributed by atoms with Crippen LogP contribution < -0.4 is 15.1 Å². The number of fused-ring (bicyclic) bond motifs is 2. The molecule has 2 aromatic rings. The first-order valence-electron chi connectivity index (χ1n) is 10.6. The Morgan fingerprint density at radius 2 is 1.37 bits per heavy atom. The molecule has 0 fully saturated rings. The van der Waals surface area contributed by atoms with Crippen LogP contribution >= 0.6 is 7.82 Å². The molecule has 0 bridgehead atoms. The van der Waals surface area contributed by atoms with Gasteiger partial charge in [0.1, 0.15) is 7.05 Å². The van der Waals surface area contributed by atoms with Crippen molar-refractivity contribution in [3.05, 3.63) is 83.6 Å². The molecular formula is C25H41MoN2O11PW. The Hall–Kier alpha value is -1.40. The molecule has 0 spiro atoms. The Balaban J connectivity index is -0.000000200. The second-order valence-corrected chi connectivity index (χ2v) is 10.3. The van der Waals surface area contributed by atoms with Gasteiger partial charge >= 0.3 is 21.1 Å². The predicted octanol–water partition coefficient (Wildman–Crippen LogP) is -1.01. The summed E-state index contributed by atoms with van der Waals surface area (Å²) in [5.41, 5.74) is 8.09. The minimum atomic E-state index is -4.95. The van der Waals surface area contributed by atoms with Gasteiger partial charge in [0.25, 0.3) is 7.82 Å². The van der Waals surface area contributed by atoms with Gasteiger partial charge in [0.15, 0.2) is 5.71 Å². The third-order valence-electron chi connectivity index (χ3n) is 6.48. The molecule has 0 amide bonds. The first-order valence-corrected chi connectivity index (χ1v) is 12.1. The first-order chi connectivity index (χ1) is 15.3. The molecule has 2 aliphatic heterocycles. The summed E-state index contributed by atoms with van der Waals surface area (Å²) in [5, 5.41) is 8.63. The number of allylic oxidation sites excluding steroid dienone is 4. The summed E-state index contributed by atoms with van der Waals surface area (Å²) in [4.78, 5) is 18.7. The first kappa shape index (κ1) is 52.3. The molecule has 2 heterocycles. The average Bonchev–Trinajstić information content (AvgIpc) is 3.08. The van der Waals surface area contributed by atoms with E-state index in [0.717, 1.165) is 0 Å². The van der Waals surface area contributed by atoms with Crippen LogP contribution in [0.25, 0.3) is 0 Å². The average molecular weight is 856 g/mol. The largest absolute Gasteiger partial charge is 2.00 e. The number of nitrogens with zero attached hydrogens (tertiary/aromatic N) is 2. The molecule has 0 radical (unpaired) electrons. The summed E-state index contributed by atoms with van der Waals surface area (Å²) in [6.07, 6.45) is 6.78. The maximum Gasteiger partial charge on any atom is 2.00 e. The number of para-hydroxylation sites is 2. The molecule has 2 aliphatic rings. The normalized spacial score (nSPS) is 16.9. The zero-order chi connectivity index (χ0) is 24.6. The van der Waals surface area contributed by atoms with Crippen LogP contribution in [0.4, 0.5) is 11.4 Å². The molecule has 1 atom stereocenters. The number of rotatable bonds is 3. The zero-order valence-corrected chi connectivity index (χ0v) is 29.4. The van der Waals surface area contributed by atoms with Crippen LogP contribution in [-0.4, -0.2) is 62.1 Å². The van der Waals surface area contributed by atoms with E-state index in [4.69, 9.17) is 19.6 Å². The number of benzene rings is 2. The zero-order valence-electron chi connectivity index (χ0n) is 23.5. The van der Waals surface area contributed by atoms with Crippen molar-refractivity contribution >= 4 is 24.9 Å². The summed E-state index contributed by atoms with van der Waals surface area (Å²) < 4.78 is 13.6. The van der Waals surface area contributed by atoms with Gasteiger partial charge in [-0.05, 0) is 31.6 Å². The summed E-state index contributed by atoms with van der Waals surface area (Å²) in [6, 6.07) is 17.4. The summed E-state index contributed by atoms with van der Waals surface area (Å²) >= 11 is 0. The van der Waals surface area contributed by atoms with Gasteiger partial charge in [0.05, 0.1) is 5.41 Å². The smallest absolute Gasteiger partial charge is 0.870 e. The molecule has 0 aromatic heterocycles.